The van der Waals surface area contributed by atoms with Crippen molar-refractivity contribution in [1.29, 1.82) is 0 Å². The molecule has 0 atom stereocenters. The van der Waals surface area contributed by atoms with Crippen LogP contribution in [0.25, 0.3) is 11.3 Å². The molecule has 3 aromatic rings. The summed E-state index contributed by atoms with van der Waals surface area (Å²) in [4.78, 5) is 13.0. The van der Waals surface area contributed by atoms with Crippen molar-refractivity contribution in [3.63, 3.8) is 0 Å². The standard InChI is InChI=1S/C23H24N2O2/c1-17-20(21(25-27-17)18-10-4-2-5-11-18)22(26)24-16-23(14-8-9-15-23)19-12-6-3-7-13-19/h2-7,10-13H,8-9,14-16H2,1H3,(H,24,26). The third kappa shape index (κ3) is 3.39. The highest BCUT2D eigenvalue weighted by Gasteiger charge is 2.36. The number of carbonyl (C=O) groups is 1. The van der Waals surface area contributed by atoms with E-state index in [0.29, 0.717) is 23.6 Å². The molecule has 0 spiro atoms. The van der Waals surface area contributed by atoms with Crippen molar-refractivity contribution in [3.05, 3.63) is 77.6 Å². The quantitative estimate of drug-likeness (QED) is 0.705. The molecule has 1 heterocycles. The number of nitrogens with one attached hydrogen (secondary N) is 1. The van der Waals surface area contributed by atoms with E-state index in [2.05, 4.69) is 34.7 Å². The maximum Gasteiger partial charge on any atom is 0.257 e. The van der Waals surface area contributed by atoms with Gasteiger partial charge in [-0.1, -0.05) is 78.7 Å². The summed E-state index contributed by atoms with van der Waals surface area (Å²) in [7, 11) is 0. The van der Waals surface area contributed by atoms with Crippen LogP contribution in [-0.4, -0.2) is 17.6 Å². The lowest BCUT2D eigenvalue weighted by Gasteiger charge is -2.30. The summed E-state index contributed by atoms with van der Waals surface area (Å²) in [5.41, 5.74) is 3.36. The Morgan fingerprint density at radius 1 is 1.04 bits per heavy atom. The Labute approximate surface area is 159 Å². The van der Waals surface area contributed by atoms with E-state index >= 15 is 0 Å². The van der Waals surface area contributed by atoms with Gasteiger partial charge >= 0.3 is 0 Å². The fourth-order valence-electron chi connectivity index (χ4n) is 4.18. The maximum atomic E-state index is 13.0. The zero-order valence-electron chi connectivity index (χ0n) is 15.6. The molecule has 1 amide bonds. The van der Waals surface area contributed by atoms with Gasteiger partial charge in [0.1, 0.15) is 17.0 Å². The average Bonchev–Trinajstić information content (AvgIpc) is 3.35. The van der Waals surface area contributed by atoms with Gasteiger partial charge in [-0.2, -0.15) is 0 Å². The lowest BCUT2D eigenvalue weighted by atomic mass is 9.79. The van der Waals surface area contributed by atoms with Crippen LogP contribution in [0.4, 0.5) is 0 Å². The molecule has 1 fully saturated rings. The fourth-order valence-corrected chi connectivity index (χ4v) is 4.18. The molecule has 1 aromatic heterocycles. The number of amides is 1. The molecule has 1 saturated carbocycles. The molecule has 4 rings (SSSR count). The van der Waals surface area contributed by atoms with Crippen LogP contribution < -0.4 is 5.32 Å². The van der Waals surface area contributed by atoms with E-state index in [1.807, 2.05) is 36.4 Å². The molecule has 1 aliphatic rings. The first-order chi connectivity index (χ1) is 13.2. The molecule has 0 bridgehead atoms. The molecule has 4 heteroatoms. The Morgan fingerprint density at radius 3 is 2.33 bits per heavy atom. The Bertz CT molecular complexity index is 910. The number of rotatable bonds is 5. The van der Waals surface area contributed by atoms with Gasteiger partial charge in [-0.3, -0.25) is 4.79 Å². The first kappa shape index (κ1) is 17.5. The zero-order chi connectivity index (χ0) is 18.7. The summed E-state index contributed by atoms with van der Waals surface area (Å²) in [6.07, 6.45) is 4.61. The Kier molecular flexibility index (Phi) is 4.80. The van der Waals surface area contributed by atoms with Crippen molar-refractivity contribution in [2.45, 2.75) is 38.0 Å². The number of hydrogen-bond acceptors (Lipinski definition) is 3. The molecule has 27 heavy (non-hydrogen) atoms. The van der Waals surface area contributed by atoms with Crippen LogP contribution in [0.3, 0.4) is 0 Å². The van der Waals surface area contributed by atoms with Crippen LogP contribution in [0.5, 0.6) is 0 Å². The highest BCUT2D eigenvalue weighted by atomic mass is 16.5. The summed E-state index contributed by atoms with van der Waals surface area (Å²) in [5, 5.41) is 7.30. The van der Waals surface area contributed by atoms with Crippen molar-refractivity contribution in [3.8, 4) is 11.3 Å². The summed E-state index contributed by atoms with van der Waals surface area (Å²) >= 11 is 0. The number of aromatic nitrogens is 1. The van der Waals surface area contributed by atoms with Crippen molar-refractivity contribution in [2.24, 2.45) is 0 Å². The number of benzene rings is 2. The molecule has 0 aliphatic heterocycles. The number of hydrogen-bond donors (Lipinski definition) is 1. The van der Waals surface area contributed by atoms with Gasteiger partial charge in [0.25, 0.3) is 5.91 Å². The molecule has 0 unspecified atom stereocenters. The van der Waals surface area contributed by atoms with Crippen molar-refractivity contribution >= 4 is 5.91 Å². The molecular weight excluding hydrogens is 336 g/mol. The van der Waals surface area contributed by atoms with Gasteiger partial charge in [0.05, 0.1) is 0 Å². The van der Waals surface area contributed by atoms with Crippen molar-refractivity contribution in [2.75, 3.05) is 6.54 Å². The molecular formula is C23H24N2O2. The maximum absolute atomic E-state index is 13.0. The van der Waals surface area contributed by atoms with Crippen LogP contribution in [0.1, 0.15) is 47.4 Å². The zero-order valence-corrected chi connectivity index (χ0v) is 15.6. The second-order valence-electron chi connectivity index (χ2n) is 7.36. The number of aryl methyl sites for hydroxylation is 1. The molecule has 0 radical (unpaired) electrons. The lowest BCUT2D eigenvalue weighted by molar-refractivity contribution is 0.0942. The minimum Gasteiger partial charge on any atom is -0.360 e. The topological polar surface area (TPSA) is 55.1 Å². The average molecular weight is 360 g/mol. The highest BCUT2D eigenvalue weighted by molar-refractivity contribution is 6.00. The minimum atomic E-state index is -0.116. The minimum absolute atomic E-state index is 0.0227. The molecule has 2 aromatic carbocycles. The highest BCUT2D eigenvalue weighted by Crippen LogP contribution is 2.40. The van der Waals surface area contributed by atoms with Crippen molar-refractivity contribution in [1.82, 2.24) is 10.5 Å². The van der Waals surface area contributed by atoms with Gasteiger partial charge < -0.3 is 9.84 Å². The second-order valence-corrected chi connectivity index (χ2v) is 7.36. The Morgan fingerprint density at radius 2 is 1.67 bits per heavy atom. The van der Waals surface area contributed by atoms with Crippen LogP contribution >= 0.6 is 0 Å². The SMILES string of the molecule is Cc1onc(-c2ccccc2)c1C(=O)NCC1(c2ccccc2)CCCC1. The monoisotopic (exact) mass is 360 g/mol. The molecule has 0 saturated heterocycles. The normalized spacial score (nSPS) is 15.6. The van der Waals surface area contributed by atoms with Crippen LogP contribution in [0.15, 0.2) is 65.2 Å². The molecule has 1 aliphatic carbocycles. The molecule has 1 N–H and O–H groups in total. The van der Waals surface area contributed by atoms with Gasteiger partial charge in [-0.05, 0) is 25.3 Å². The predicted molar refractivity (Wildman–Crippen MR) is 106 cm³/mol. The Hall–Kier alpha value is -2.88. The first-order valence-corrected chi connectivity index (χ1v) is 9.55. The van der Waals surface area contributed by atoms with E-state index < -0.39 is 0 Å². The fraction of sp³-hybridized carbons (Fsp3) is 0.304. The van der Waals surface area contributed by atoms with E-state index in [-0.39, 0.29) is 11.3 Å². The van der Waals surface area contributed by atoms with Crippen molar-refractivity contribution < 1.29 is 9.32 Å². The van der Waals surface area contributed by atoms with Crippen LogP contribution in [0.2, 0.25) is 0 Å². The van der Waals surface area contributed by atoms with Crippen LogP contribution in [0, 0.1) is 6.92 Å². The largest absolute Gasteiger partial charge is 0.360 e. The number of nitrogens with zero attached hydrogens (tertiary/aromatic N) is 1. The Balaban J connectivity index is 1.57. The van der Waals surface area contributed by atoms with E-state index in [4.69, 9.17) is 4.52 Å². The molecule has 138 valence electrons. The van der Waals surface area contributed by atoms with E-state index in [9.17, 15) is 4.79 Å². The number of carbonyl (C=O) groups excluding carboxylic acids is 1. The third-order valence-corrected chi connectivity index (χ3v) is 5.67. The first-order valence-electron chi connectivity index (χ1n) is 9.55. The summed E-state index contributed by atoms with van der Waals surface area (Å²) in [5.74, 6) is 0.432. The lowest BCUT2D eigenvalue weighted by Crippen LogP contribution is -2.39. The third-order valence-electron chi connectivity index (χ3n) is 5.67. The van der Waals surface area contributed by atoms with Crippen LogP contribution in [-0.2, 0) is 5.41 Å². The second kappa shape index (κ2) is 7.39. The molecule has 4 nitrogen and oxygen atoms in total. The van der Waals surface area contributed by atoms with Gasteiger partial charge in [-0.15, -0.1) is 0 Å². The summed E-state index contributed by atoms with van der Waals surface area (Å²) in [6.45, 7) is 2.42. The van der Waals surface area contributed by atoms with E-state index in [0.717, 1.165) is 18.4 Å². The van der Waals surface area contributed by atoms with E-state index in [1.54, 1.807) is 6.92 Å². The van der Waals surface area contributed by atoms with Gasteiger partial charge in [0.15, 0.2) is 0 Å². The summed E-state index contributed by atoms with van der Waals surface area (Å²) < 4.78 is 5.34. The summed E-state index contributed by atoms with van der Waals surface area (Å²) in [6, 6.07) is 20.2. The van der Waals surface area contributed by atoms with Gasteiger partial charge in [0, 0.05) is 17.5 Å². The van der Waals surface area contributed by atoms with Gasteiger partial charge in [-0.25, -0.2) is 0 Å². The van der Waals surface area contributed by atoms with Gasteiger partial charge in [0.2, 0.25) is 0 Å². The predicted octanol–water partition coefficient (Wildman–Crippen LogP) is 4.89. The van der Waals surface area contributed by atoms with E-state index in [1.165, 1.54) is 18.4 Å². The smallest absolute Gasteiger partial charge is 0.257 e.